The van der Waals surface area contributed by atoms with E-state index in [1.807, 2.05) is 24.3 Å². The van der Waals surface area contributed by atoms with Gasteiger partial charge in [0.2, 0.25) is 0 Å². The quantitative estimate of drug-likeness (QED) is 0.749. The zero-order chi connectivity index (χ0) is 12.0. The van der Waals surface area contributed by atoms with Gasteiger partial charge in [-0.1, -0.05) is 32.1 Å². The highest BCUT2D eigenvalue weighted by Gasteiger charge is 2.01. The van der Waals surface area contributed by atoms with Crippen molar-refractivity contribution >= 4 is 11.7 Å². The van der Waals surface area contributed by atoms with Gasteiger partial charge < -0.3 is 10.6 Å². The molecule has 0 unspecified atom stereocenters. The van der Waals surface area contributed by atoms with Crippen molar-refractivity contribution in [3.63, 3.8) is 0 Å². The fourth-order valence-corrected chi connectivity index (χ4v) is 1.29. The number of anilines is 1. The number of hydrogen-bond acceptors (Lipinski definition) is 1. The van der Waals surface area contributed by atoms with Gasteiger partial charge in [0.15, 0.2) is 0 Å². The maximum Gasteiger partial charge on any atom is 0.319 e. The first-order valence-corrected chi connectivity index (χ1v) is 5.39. The minimum Gasteiger partial charge on any atom is -0.334 e. The van der Waals surface area contributed by atoms with Gasteiger partial charge in [0.1, 0.15) is 0 Å². The van der Waals surface area contributed by atoms with Crippen LogP contribution in [-0.2, 0) is 0 Å². The highest BCUT2D eigenvalue weighted by Crippen LogP contribution is 2.16. The van der Waals surface area contributed by atoms with Crippen molar-refractivity contribution in [3.8, 4) is 0 Å². The highest BCUT2D eigenvalue weighted by molar-refractivity contribution is 5.89. The number of rotatable bonds is 4. The van der Waals surface area contributed by atoms with Crippen molar-refractivity contribution in [1.82, 2.24) is 5.32 Å². The van der Waals surface area contributed by atoms with E-state index in [-0.39, 0.29) is 6.03 Å². The fraction of sp³-hybridized carbons (Fsp3) is 0.308. The third-order valence-electron chi connectivity index (χ3n) is 2.24. The number of amides is 2. The maximum atomic E-state index is 11.3. The lowest BCUT2D eigenvalue weighted by Gasteiger charge is -2.08. The minimum absolute atomic E-state index is 0.211. The molecule has 3 nitrogen and oxygen atoms in total. The summed E-state index contributed by atoms with van der Waals surface area (Å²) < 4.78 is 0. The second-order valence-corrected chi connectivity index (χ2v) is 3.90. The first-order chi connectivity index (χ1) is 7.63. The van der Waals surface area contributed by atoms with Gasteiger partial charge in [-0.25, -0.2) is 4.79 Å². The van der Waals surface area contributed by atoms with Crippen molar-refractivity contribution < 1.29 is 4.79 Å². The lowest BCUT2D eigenvalue weighted by molar-refractivity contribution is 0.253. The molecule has 0 aromatic heterocycles. The summed E-state index contributed by atoms with van der Waals surface area (Å²) in [5.41, 5.74) is 2.06. The lowest BCUT2D eigenvalue weighted by Crippen LogP contribution is -2.28. The van der Waals surface area contributed by atoms with Crippen LogP contribution >= 0.6 is 0 Å². The predicted octanol–water partition coefficient (Wildman–Crippen LogP) is 3.12. The Morgan fingerprint density at radius 1 is 1.38 bits per heavy atom. The zero-order valence-electron chi connectivity index (χ0n) is 9.79. The average molecular weight is 218 g/mol. The number of carbonyl (C=O) groups excluding carboxylic acids is 1. The Hall–Kier alpha value is -1.77. The van der Waals surface area contributed by atoms with Crippen LogP contribution in [-0.4, -0.2) is 12.6 Å². The molecule has 0 heterocycles. The van der Waals surface area contributed by atoms with Crippen LogP contribution in [0.3, 0.4) is 0 Å². The molecule has 1 aromatic rings. The second-order valence-electron chi connectivity index (χ2n) is 3.90. The Morgan fingerprint density at radius 3 is 2.50 bits per heavy atom. The molecule has 0 radical (unpaired) electrons. The molecule has 3 heteroatoms. The van der Waals surface area contributed by atoms with Crippen LogP contribution in [0.25, 0.3) is 0 Å². The molecule has 2 amide bonds. The monoisotopic (exact) mass is 218 g/mol. The molecule has 16 heavy (non-hydrogen) atoms. The highest BCUT2D eigenvalue weighted by atomic mass is 16.2. The van der Waals surface area contributed by atoms with Crippen LogP contribution in [0.2, 0.25) is 0 Å². The molecule has 0 aliphatic heterocycles. The van der Waals surface area contributed by atoms with Crippen LogP contribution in [0.15, 0.2) is 36.9 Å². The molecular weight excluding hydrogens is 200 g/mol. The third-order valence-corrected chi connectivity index (χ3v) is 2.24. The van der Waals surface area contributed by atoms with Crippen molar-refractivity contribution in [1.29, 1.82) is 0 Å². The number of carbonyl (C=O) groups is 1. The molecule has 0 spiro atoms. The number of hydrogen-bond donors (Lipinski definition) is 2. The summed E-state index contributed by atoms with van der Waals surface area (Å²) in [6, 6.07) is 7.64. The summed E-state index contributed by atoms with van der Waals surface area (Å²) >= 11 is 0. The molecule has 0 saturated carbocycles. The lowest BCUT2D eigenvalue weighted by atomic mass is 10.0. The van der Waals surface area contributed by atoms with Gasteiger partial charge in [0, 0.05) is 12.2 Å². The van der Waals surface area contributed by atoms with E-state index in [0.717, 1.165) is 5.69 Å². The Morgan fingerprint density at radius 2 is 2.00 bits per heavy atom. The van der Waals surface area contributed by atoms with Crippen LogP contribution < -0.4 is 10.6 Å². The molecule has 0 fully saturated rings. The van der Waals surface area contributed by atoms with Gasteiger partial charge in [-0.15, -0.1) is 6.58 Å². The third kappa shape index (κ3) is 3.77. The molecule has 0 aliphatic rings. The van der Waals surface area contributed by atoms with E-state index in [2.05, 4.69) is 31.1 Å². The molecule has 0 aliphatic carbocycles. The van der Waals surface area contributed by atoms with E-state index in [1.54, 1.807) is 6.08 Å². The van der Waals surface area contributed by atoms with Crippen LogP contribution in [0, 0.1) is 0 Å². The van der Waals surface area contributed by atoms with Gasteiger partial charge in [-0.2, -0.15) is 0 Å². The van der Waals surface area contributed by atoms with E-state index >= 15 is 0 Å². The van der Waals surface area contributed by atoms with Crippen molar-refractivity contribution in [2.75, 3.05) is 11.9 Å². The van der Waals surface area contributed by atoms with Gasteiger partial charge >= 0.3 is 6.03 Å². The summed E-state index contributed by atoms with van der Waals surface area (Å²) in [6.45, 7) is 8.27. The molecule has 0 atom stereocenters. The Labute approximate surface area is 96.6 Å². The molecule has 2 N–H and O–H groups in total. The number of nitrogens with one attached hydrogen (secondary N) is 2. The Bertz CT molecular complexity index is 355. The zero-order valence-corrected chi connectivity index (χ0v) is 9.79. The average Bonchev–Trinajstić information content (AvgIpc) is 2.27. The standard InChI is InChI=1S/C13H18N2O/c1-4-9-14-13(16)15-12-7-5-11(6-8-12)10(2)3/h4-8,10H,1,9H2,2-3H3,(H2,14,15,16). The van der Waals surface area contributed by atoms with Crippen molar-refractivity contribution in [2.24, 2.45) is 0 Å². The Balaban J connectivity index is 2.54. The van der Waals surface area contributed by atoms with E-state index in [4.69, 9.17) is 0 Å². The maximum absolute atomic E-state index is 11.3. The van der Waals surface area contributed by atoms with Crippen LogP contribution in [0.1, 0.15) is 25.3 Å². The first kappa shape index (κ1) is 12.3. The topological polar surface area (TPSA) is 41.1 Å². The predicted molar refractivity (Wildman–Crippen MR) is 67.7 cm³/mol. The summed E-state index contributed by atoms with van der Waals surface area (Å²) in [5.74, 6) is 0.503. The molecule has 1 rings (SSSR count). The number of benzene rings is 1. The summed E-state index contributed by atoms with van der Waals surface area (Å²) in [6.07, 6.45) is 1.64. The van der Waals surface area contributed by atoms with Crippen LogP contribution in [0.4, 0.5) is 10.5 Å². The molecule has 0 bridgehead atoms. The van der Waals surface area contributed by atoms with Gasteiger partial charge in [-0.3, -0.25) is 0 Å². The van der Waals surface area contributed by atoms with E-state index in [1.165, 1.54) is 5.56 Å². The molecule has 86 valence electrons. The second kappa shape index (κ2) is 5.95. The molecule has 1 aromatic carbocycles. The van der Waals surface area contributed by atoms with Crippen molar-refractivity contribution in [3.05, 3.63) is 42.5 Å². The van der Waals surface area contributed by atoms with Gasteiger partial charge in [-0.05, 0) is 23.6 Å². The summed E-state index contributed by atoms with van der Waals surface area (Å²) in [7, 11) is 0. The normalized spacial score (nSPS) is 9.94. The van der Waals surface area contributed by atoms with Crippen LogP contribution in [0.5, 0.6) is 0 Å². The fourth-order valence-electron chi connectivity index (χ4n) is 1.29. The Kier molecular flexibility index (Phi) is 4.58. The van der Waals surface area contributed by atoms with Gasteiger partial charge in [0.05, 0.1) is 0 Å². The van der Waals surface area contributed by atoms with E-state index in [9.17, 15) is 4.79 Å². The van der Waals surface area contributed by atoms with Crippen molar-refractivity contribution in [2.45, 2.75) is 19.8 Å². The summed E-state index contributed by atoms with van der Waals surface area (Å²) in [5, 5.41) is 5.40. The largest absolute Gasteiger partial charge is 0.334 e. The SMILES string of the molecule is C=CCNC(=O)Nc1ccc(C(C)C)cc1. The first-order valence-electron chi connectivity index (χ1n) is 5.39. The number of urea groups is 1. The minimum atomic E-state index is -0.211. The molecular formula is C13H18N2O. The smallest absolute Gasteiger partial charge is 0.319 e. The van der Waals surface area contributed by atoms with E-state index < -0.39 is 0 Å². The summed E-state index contributed by atoms with van der Waals surface area (Å²) in [4.78, 5) is 11.3. The van der Waals surface area contributed by atoms with E-state index in [0.29, 0.717) is 12.5 Å². The molecule has 0 saturated heterocycles. The van der Waals surface area contributed by atoms with Gasteiger partial charge in [0.25, 0.3) is 0 Å².